The number of H-pyrrole nitrogens is 1. The minimum absolute atomic E-state index is 0.0297. The van der Waals surface area contributed by atoms with Crippen LogP contribution in [0.5, 0.6) is 0 Å². The van der Waals surface area contributed by atoms with E-state index in [2.05, 4.69) is 20.9 Å². The second-order valence-corrected chi connectivity index (χ2v) is 7.75. The van der Waals surface area contributed by atoms with Gasteiger partial charge in [-0.1, -0.05) is 12.1 Å². The standard InChI is InChI=1S/C21H25N5O2/c1-14-10-26(11-15(2)28-14)21-23-19-13-25(7-6-18(19)20(27)24-21)12-17-5-3-4-16(8-17)9-22/h3-5,8,14-15H,6-7,10-13H2,1-2H3,(H,23,24,27)/t14-,15-/m1/s1. The molecule has 28 heavy (non-hydrogen) atoms. The fourth-order valence-electron chi connectivity index (χ4n) is 4.11. The van der Waals surface area contributed by atoms with Crippen LogP contribution in [0.2, 0.25) is 0 Å². The van der Waals surface area contributed by atoms with E-state index in [9.17, 15) is 4.79 Å². The first-order chi connectivity index (χ1) is 13.5. The molecule has 1 fully saturated rings. The van der Waals surface area contributed by atoms with Crippen LogP contribution in [0.15, 0.2) is 29.1 Å². The SMILES string of the molecule is C[C@@H]1CN(c2nc3c(c(=O)[nH]2)CCN(Cc2cccc(C#N)c2)C3)C[C@@H](C)O1. The summed E-state index contributed by atoms with van der Waals surface area (Å²) in [5, 5.41) is 9.09. The number of anilines is 1. The lowest BCUT2D eigenvalue weighted by molar-refractivity contribution is -0.00576. The number of hydrogen-bond donors (Lipinski definition) is 1. The van der Waals surface area contributed by atoms with Crippen molar-refractivity contribution in [2.75, 3.05) is 24.5 Å². The molecular weight excluding hydrogens is 354 g/mol. The lowest BCUT2D eigenvalue weighted by Crippen LogP contribution is -2.47. The molecule has 1 N–H and O–H groups in total. The van der Waals surface area contributed by atoms with Gasteiger partial charge in [0.15, 0.2) is 0 Å². The van der Waals surface area contributed by atoms with Crippen molar-refractivity contribution in [3.05, 3.63) is 57.0 Å². The van der Waals surface area contributed by atoms with E-state index in [1.807, 2.05) is 38.1 Å². The number of benzene rings is 1. The lowest BCUT2D eigenvalue weighted by atomic mass is 10.0. The maximum atomic E-state index is 12.6. The Labute approximate surface area is 164 Å². The molecule has 3 heterocycles. The van der Waals surface area contributed by atoms with Crippen molar-refractivity contribution in [1.29, 1.82) is 5.26 Å². The van der Waals surface area contributed by atoms with E-state index in [1.54, 1.807) is 0 Å². The maximum absolute atomic E-state index is 12.6. The number of rotatable bonds is 3. The van der Waals surface area contributed by atoms with Crippen molar-refractivity contribution < 1.29 is 4.74 Å². The Balaban J connectivity index is 1.55. The molecule has 1 aromatic carbocycles. The van der Waals surface area contributed by atoms with Crippen LogP contribution in [-0.4, -0.2) is 46.7 Å². The van der Waals surface area contributed by atoms with E-state index < -0.39 is 0 Å². The van der Waals surface area contributed by atoms with Gasteiger partial charge in [-0.3, -0.25) is 14.7 Å². The van der Waals surface area contributed by atoms with Gasteiger partial charge in [0.05, 0.1) is 29.5 Å². The predicted molar refractivity (Wildman–Crippen MR) is 106 cm³/mol. The van der Waals surface area contributed by atoms with Gasteiger partial charge in [0, 0.05) is 38.3 Å². The number of hydrogen-bond acceptors (Lipinski definition) is 6. The highest BCUT2D eigenvalue weighted by Crippen LogP contribution is 2.21. The Morgan fingerprint density at radius 1 is 1.32 bits per heavy atom. The molecular formula is C21H25N5O2. The number of aromatic nitrogens is 2. The minimum Gasteiger partial charge on any atom is -0.372 e. The van der Waals surface area contributed by atoms with Gasteiger partial charge in [-0.2, -0.15) is 5.26 Å². The van der Waals surface area contributed by atoms with Gasteiger partial charge in [-0.25, -0.2) is 4.98 Å². The van der Waals surface area contributed by atoms with Gasteiger partial charge < -0.3 is 9.64 Å². The summed E-state index contributed by atoms with van der Waals surface area (Å²) in [5.41, 5.74) is 3.39. The van der Waals surface area contributed by atoms with E-state index in [4.69, 9.17) is 15.0 Å². The summed E-state index contributed by atoms with van der Waals surface area (Å²) >= 11 is 0. The second kappa shape index (κ2) is 7.74. The monoisotopic (exact) mass is 379 g/mol. The number of ether oxygens (including phenoxy) is 1. The summed E-state index contributed by atoms with van der Waals surface area (Å²) < 4.78 is 5.79. The first-order valence-electron chi connectivity index (χ1n) is 9.75. The van der Waals surface area contributed by atoms with Gasteiger partial charge in [0.1, 0.15) is 0 Å². The van der Waals surface area contributed by atoms with E-state index in [-0.39, 0.29) is 17.8 Å². The smallest absolute Gasteiger partial charge is 0.255 e. The zero-order valence-electron chi connectivity index (χ0n) is 16.3. The van der Waals surface area contributed by atoms with Gasteiger partial charge in [-0.15, -0.1) is 0 Å². The normalized spacial score (nSPS) is 22.5. The third-order valence-corrected chi connectivity index (χ3v) is 5.32. The van der Waals surface area contributed by atoms with Crippen LogP contribution in [0.4, 0.5) is 5.95 Å². The summed E-state index contributed by atoms with van der Waals surface area (Å²) in [6.07, 6.45) is 0.897. The highest BCUT2D eigenvalue weighted by molar-refractivity contribution is 5.36. The summed E-state index contributed by atoms with van der Waals surface area (Å²) in [6, 6.07) is 9.86. The van der Waals surface area contributed by atoms with Crippen molar-refractivity contribution in [3.8, 4) is 6.07 Å². The van der Waals surface area contributed by atoms with Crippen LogP contribution in [0.3, 0.4) is 0 Å². The number of aromatic amines is 1. The van der Waals surface area contributed by atoms with E-state index in [0.29, 0.717) is 24.5 Å². The molecule has 7 nitrogen and oxygen atoms in total. The molecule has 1 aromatic heterocycles. The molecule has 2 aromatic rings. The highest BCUT2D eigenvalue weighted by Gasteiger charge is 2.27. The van der Waals surface area contributed by atoms with Gasteiger partial charge in [0.25, 0.3) is 5.56 Å². The number of nitrogens with one attached hydrogen (secondary N) is 1. The number of morpholine rings is 1. The molecule has 0 unspecified atom stereocenters. The van der Waals surface area contributed by atoms with Gasteiger partial charge in [0.2, 0.25) is 5.95 Å². The van der Waals surface area contributed by atoms with Crippen LogP contribution in [-0.2, 0) is 24.2 Å². The molecule has 0 radical (unpaired) electrons. The molecule has 0 bridgehead atoms. The zero-order chi connectivity index (χ0) is 19.7. The summed E-state index contributed by atoms with van der Waals surface area (Å²) in [4.78, 5) is 24.8. The van der Waals surface area contributed by atoms with Crippen LogP contribution < -0.4 is 10.5 Å². The predicted octanol–water partition coefficient (Wildman–Crippen LogP) is 1.81. The molecule has 4 rings (SSSR count). The van der Waals surface area contributed by atoms with Gasteiger partial charge in [-0.05, 0) is 38.0 Å². The Morgan fingerprint density at radius 3 is 2.86 bits per heavy atom. The summed E-state index contributed by atoms with van der Waals surface area (Å²) in [6.45, 7) is 7.70. The van der Waals surface area contributed by atoms with Crippen molar-refractivity contribution in [1.82, 2.24) is 14.9 Å². The van der Waals surface area contributed by atoms with Gasteiger partial charge >= 0.3 is 0 Å². The highest BCUT2D eigenvalue weighted by atomic mass is 16.5. The molecule has 146 valence electrons. The average Bonchev–Trinajstić information content (AvgIpc) is 2.67. The zero-order valence-corrected chi connectivity index (χ0v) is 16.3. The van der Waals surface area contributed by atoms with Crippen LogP contribution in [0.25, 0.3) is 0 Å². The molecule has 2 aliphatic heterocycles. The largest absolute Gasteiger partial charge is 0.372 e. The van der Waals surface area contributed by atoms with Crippen LogP contribution >= 0.6 is 0 Å². The van der Waals surface area contributed by atoms with Crippen molar-refractivity contribution in [2.45, 2.75) is 45.6 Å². The molecule has 7 heteroatoms. The maximum Gasteiger partial charge on any atom is 0.255 e. The average molecular weight is 379 g/mol. The molecule has 2 aliphatic rings. The van der Waals surface area contributed by atoms with Crippen molar-refractivity contribution in [3.63, 3.8) is 0 Å². The second-order valence-electron chi connectivity index (χ2n) is 7.75. The number of fused-ring (bicyclic) bond motifs is 1. The molecule has 0 saturated carbocycles. The molecule has 2 atom stereocenters. The fraction of sp³-hybridized carbons (Fsp3) is 0.476. The van der Waals surface area contributed by atoms with Crippen molar-refractivity contribution >= 4 is 5.95 Å². The minimum atomic E-state index is -0.0297. The Bertz CT molecular complexity index is 954. The van der Waals surface area contributed by atoms with E-state index in [1.165, 1.54) is 0 Å². The third kappa shape index (κ3) is 3.93. The van der Waals surface area contributed by atoms with E-state index in [0.717, 1.165) is 43.0 Å². The van der Waals surface area contributed by atoms with Crippen LogP contribution in [0.1, 0.15) is 36.2 Å². The number of nitrogens with zero attached hydrogens (tertiary/aromatic N) is 4. The molecule has 0 aliphatic carbocycles. The Morgan fingerprint density at radius 2 is 2.11 bits per heavy atom. The molecule has 1 saturated heterocycles. The van der Waals surface area contributed by atoms with E-state index >= 15 is 0 Å². The Hall–Kier alpha value is -2.69. The first-order valence-corrected chi connectivity index (χ1v) is 9.75. The first kappa shape index (κ1) is 18.7. The van der Waals surface area contributed by atoms with Crippen molar-refractivity contribution in [2.24, 2.45) is 0 Å². The summed E-state index contributed by atoms with van der Waals surface area (Å²) in [7, 11) is 0. The van der Waals surface area contributed by atoms with Crippen LogP contribution in [0, 0.1) is 11.3 Å². The topological polar surface area (TPSA) is 85.3 Å². The lowest BCUT2D eigenvalue weighted by Gasteiger charge is -2.36. The number of nitriles is 1. The quantitative estimate of drug-likeness (QED) is 0.876. The summed E-state index contributed by atoms with van der Waals surface area (Å²) in [5.74, 6) is 0.638. The Kier molecular flexibility index (Phi) is 5.16. The molecule has 0 spiro atoms. The molecule has 0 amide bonds. The third-order valence-electron chi connectivity index (χ3n) is 5.32. The fourth-order valence-corrected chi connectivity index (χ4v) is 4.11.